The summed E-state index contributed by atoms with van der Waals surface area (Å²) in [6.07, 6.45) is 0. The summed E-state index contributed by atoms with van der Waals surface area (Å²) < 4.78 is 7.61. The van der Waals surface area contributed by atoms with Gasteiger partial charge in [0, 0.05) is 65.5 Å². The standard InChI is InChI=1S/C55H31N3/c1-3-13-31(14-4-1)49-35-19-8-7-17-33(35)36-25-27-45-50(52(36)49)40-22-11-20-37-42-30-48-43(29-47(42)57(45)53(37)40)38-21-12-23-41-51-46(58(48)54(38)41)28-26-39-34-18-9-10-24-44(34)56(55(39)51)32-15-5-2-6-16-32/h1-30,49H. The van der Waals surface area contributed by atoms with Gasteiger partial charge < -0.3 is 13.4 Å². The van der Waals surface area contributed by atoms with Gasteiger partial charge in [0.15, 0.2) is 0 Å². The lowest BCUT2D eigenvalue weighted by molar-refractivity contribution is 1.03. The maximum atomic E-state index is 2.58. The van der Waals surface area contributed by atoms with Gasteiger partial charge >= 0.3 is 0 Å². The number of benzene rings is 9. The monoisotopic (exact) mass is 733 g/mol. The molecule has 15 rings (SSSR count). The summed E-state index contributed by atoms with van der Waals surface area (Å²) >= 11 is 0. The highest BCUT2D eigenvalue weighted by Crippen LogP contribution is 2.54. The van der Waals surface area contributed by atoms with Crippen molar-refractivity contribution < 1.29 is 0 Å². The Kier molecular flexibility index (Phi) is 5.22. The first-order valence-electron chi connectivity index (χ1n) is 20.3. The van der Waals surface area contributed by atoms with Gasteiger partial charge in [0.1, 0.15) is 0 Å². The molecular weight excluding hydrogens is 703 g/mol. The fourth-order valence-corrected chi connectivity index (χ4v) is 11.6. The Balaban J connectivity index is 1.08. The van der Waals surface area contributed by atoms with E-state index in [1.165, 1.54) is 132 Å². The van der Waals surface area contributed by atoms with E-state index in [4.69, 9.17) is 0 Å². The van der Waals surface area contributed by atoms with Crippen LogP contribution < -0.4 is 0 Å². The molecule has 3 nitrogen and oxygen atoms in total. The fourth-order valence-electron chi connectivity index (χ4n) is 11.6. The number of nitrogens with zero attached hydrogens (tertiary/aromatic N) is 3. The molecule has 0 saturated carbocycles. The molecule has 58 heavy (non-hydrogen) atoms. The molecule has 0 radical (unpaired) electrons. The Morgan fingerprint density at radius 2 is 0.897 bits per heavy atom. The third-order valence-corrected chi connectivity index (χ3v) is 13.8. The van der Waals surface area contributed by atoms with Gasteiger partial charge in [-0.15, -0.1) is 0 Å². The molecule has 5 aromatic heterocycles. The Hall–Kier alpha value is -7.62. The van der Waals surface area contributed by atoms with E-state index in [1.54, 1.807) is 0 Å². The van der Waals surface area contributed by atoms with Crippen LogP contribution in [0.15, 0.2) is 182 Å². The normalized spacial score (nSPS) is 14.4. The first kappa shape index (κ1) is 29.6. The Morgan fingerprint density at radius 1 is 0.328 bits per heavy atom. The predicted octanol–water partition coefficient (Wildman–Crippen LogP) is 14.2. The van der Waals surface area contributed by atoms with E-state index in [-0.39, 0.29) is 5.92 Å². The van der Waals surface area contributed by atoms with Gasteiger partial charge in [-0.25, -0.2) is 0 Å². The van der Waals surface area contributed by atoms with Crippen LogP contribution in [-0.4, -0.2) is 13.4 Å². The van der Waals surface area contributed by atoms with Crippen LogP contribution in [0, 0.1) is 0 Å². The van der Waals surface area contributed by atoms with Gasteiger partial charge in [-0.3, -0.25) is 0 Å². The molecule has 0 spiro atoms. The zero-order valence-corrected chi connectivity index (χ0v) is 31.2. The minimum absolute atomic E-state index is 0.182. The van der Waals surface area contributed by atoms with Crippen molar-refractivity contribution in [3.63, 3.8) is 0 Å². The fraction of sp³-hybridized carbons (Fsp3) is 0.0182. The summed E-state index contributed by atoms with van der Waals surface area (Å²) in [4.78, 5) is 0. The second-order valence-electron chi connectivity index (χ2n) is 16.4. The molecule has 14 aromatic rings. The molecule has 266 valence electrons. The topological polar surface area (TPSA) is 13.8 Å². The summed E-state index contributed by atoms with van der Waals surface area (Å²) in [7, 11) is 0. The largest absolute Gasteiger partial charge is 0.309 e. The SMILES string of the molecule is c1ccc(C2c3ccccc3-c3ccc4c(c32)c2cccc3c5cc6c(cc5n4c32)c2cccc3c4c5c(ccc4n6c23)c2ccccc2n5-c2ccccc2)cc1. The van der Waals surface area contributed by atoms with Crippen LogP contribution in [0.25, 0.3) is 115 Å². The zero-order chi connectivity index (χ0) is 37.4. The Morgan fingerprint density at radius 3 is 1.66 bits per heavy atom. The van der Waals surface area contributed by atoms with Gasteiger partial charge in [-0.1, -0.05) is 140 Å². The second kappa shape index (κ2) is 10.2. The van der Waals surface area contributed by atoms with Crippen molar-refractivity contribution in [3.8, 4) is 16.8 Å². The number of rotatable bonds is 2. The highest BCUT2D eigenvalue weighted by molar-refractivity contribution is 6.33. The maximum absolute atomic E-state index is 2.58. The van der Waals surface area contributed by atoms with Gasteiger partial charge in [-0.05, 0) is 70.3 Å². The predicted molar refractivity (Wildman–Crippen MR) is 243 cm³/mol. The molecule has 0 saturated heterocycles. The summed E-state index contributed by atoms with van der Waals surface area (Å²) in [5.74, 6) is 0.182. The number of aromatic nitrogens is 3. The van der Waals surface area contributed by atoms with Gasteiger partial charge in [0.05, 0.1) is 44.1 Å². The zero-order valence-electron chi connectivity index (χ0n) is 31.2. The van der Waals surface area contributed by atoms with Crippen molar-refractivity contribution >= 4 is 98.0 Å². The average molecular weight is 734 g/mol. The molecule has 0 amide bonds. The summed E-state index contributed by atoms with van der Waals surface area (Å²) in [5, 5.41) is 13.1. The van der Waals surface area contributed by atoms with E-state index in [2.05, 4.69) is 195 Å². The molecule has 0 aliphatic heterocycles. The number of para-hydroxylation sites is 4. The van der Waals surface area contributed by atoms with Crippen LogP contribution in [0.5, 0.6) is 0 Å². The highest BCUT2D eigenvalue weighted by atomic mass is 15.0. The smallest absolute Gasteiger partial charge is 0.0641 e. The molecule has 1 aliphatic carbocycles. The van der Waals surface area contributed by atoms with Crippen LogP contribution in [0.4, 0.5) is 0 Å². The lowest BCUT2D eigenvalue weighted by Gasteiger charge is -2.16. The molecule has 5 heterocycles. The van der Waals surface area contributed by atoms with Crippen LogP contribution in [-0.2, 0) is 0 Å². The van der Waals surface area contributed by atoms with Crippen molar-refractivity contribution in [3.05, 3.63) is 199 Å². The first-order chi connectivity index (χ1) is 28.8. The van der Waals surface area contributed by atoms with E-state index >= 15 is 0 Å². The van der Waals surface area contributed by atoms with E-state index in [0.29, 0.717) is 0 Å². The van der Waals surface area contributed by atoms with Gasteiger partial charge in [-0.2, -0.15) is 0 Å². The van der Waals surface area contributed by atoms with E-state index in [9.17, 15) is 0 Å². The number of hydrogen-bond acceptors (Lipinski definition) is 0. The summed E-state index contributed by atoms with van der Waals surface area (Å²) in [6, 6.07) is 68.2. The minimum Gasteiger partial charge on any atom is -0.309 e. The first-order valence-corrected chi connectivity index (χ1v) is 20.3. The van der Waals surface area contributed by atoms with Crippen molar-refractivity contribution in [1.82, 2.24) is 13.4 Å². The lowest BCUT2D eigenvalue weighted by Crippen LogP contribution is -1.99. The third-order valence-electron chi connectivity index (χ3n) is 13.8. The van der Waals surface area contributed by atoms with Crippen molar-refractivity contribution in [2.45, 2.75) is 5.92 Å². The Labute approximate surface area is 331 Å². The molecule has 1 aliphatic rings. The summed E-state index contributed by atoms with van der Waals surface area (Å²) in [6.45, 7) is 0. The second-order valence-corrected chi connectivity index (χ2v) is 16.4. The van der Waals surface area contributed by atoms with Crippen LogP contribution in [0.1, 0.15) is 22.6 Å². The lowest BCUT2D eigenvalue weighted by atomic mass is 9.87. The van der Waals surface area contributed by atoms with E-state index in [0.717, 1.165) is 0 Å². The van der Waals surface area contributed by atoms with E-state index in [1.807, 2.05) is 0 Å². The van der Waals surface area contributed by atoms with Crippen molar-refractivity contribution in [1.29, 1.82) is 0 Å². The third kappa shape index (κ3) is 3.34. The quantitative estimate of drug-likeness (QED) is 0.168. The molecule has 0 N–H and O–H groups in total. The molecule has 0 bridgehead atoms. The van der Waals surface area contributed by atoms with E-state index < -0.39 is 0 Å². The number of fused-ring (bicyclic) bond motifs is 20. The molecular formula is C55H31N3. The maximum Gasteiger partial charge on any atom is 0.0641 e. The number of hydrogen-bond donors (Lipinski definition) is 0. The molecule has 1 atom stereocenters. The van der Waals surface area contributed by atoms with Crippen LogP contribution in [0.3, 0.4) is 0 Å². The van der Waals surface area contributed by atoms with Crippen molar-refractivity contribution in [2.24, 2.45) is 0 Å². The van der Waals surface area contributed by atoms with Gasteiger partial charge in [0.2, 0.25) is 0 Å². The molecule has 1 unspecified atom stereocenters. The highest BCUT2D eigenvalue weighted by Gasteiger charge is 2.34. The molecule has 3 heteroatoms. The molecule has 9 aromatic carbocycles. The summed E-state index contributed by atoms with van der Waals surface area (Å²) in [5.41, 5.74) is 18.2. The van der Waals surface area contributed by atoms with Crippen LogP contribution >= 0.6 is 0 Å². The van der Waals surface area contributed by atoms with Crippen molar-refractivity contribution in [2.75, 3.05) is 0 Å². The minimum atomic E-state index is 0.182. The Bertz CT molecular complexity index is 4070. The van der Waals surface area contributed by atoms with Crippen LogP contribution in [0.2, 0.25) is 0 Å². The van der Waals surface area contributed by atoms with Gasteiger partial charge in [0.25, 0.3) is 0 Å². The average Bonchev–Trinajstić information content (AvgIpc) is 4.11. The molecule has 0 fully saturated rings.